The van der Waals surface area contributed by atoms with Crippen molar-refractivity contribution in [2.75, 3.05) is 26.2 Å². The van der Waals surface area contributed by atoms with Gasteiger partial charge in [-0.15, -0.1) is 0 Å². The smallest absolute Gasteiger partial charge is 0.255 e. The second-order valence-corrected chi connectivity index (χ2v) is 6.91. The van der Waals surface area contributed by atoms with Gasteiger partial charge in [0.2, 0.25) is 0 Å². The van der Waals surface area contributed by atoms with Gasteiger partial charge in [-0.3, -0.25) is 9.69 Å². The van der Waals surface area contributed by atoms with Gasteiger partial charge in [-0.25, -0.2) is 4.98 Å². The lowest BCUT2D eigenvalue weighted by Gasteiger charge is -2.22. The zero-order chi connectivity index (χ0) is 18.0. The van der Waals surface area contributed by atoms with E-state index in [4.69, 9.17) is 0 Å². The first-order valence-electron chi connectivity index (χ1n) is 9.15. The molecule has 3 rings (SSSR count). The van der Waals surface area contributed by atoms with Gasteiger partial charge in [0, 0.05) is 63.6 Å². The molecule has 1 saturated heterocycles. The monoisotopic (exact) mass is 343 g/mol. The quantitative estimate of drug-likeness (QED) is 0.855. The molecule has 6 nitrogen and oxygen atoms in total. The fourth-order valence-electron chi connectivity index (χ4n) is 3.76. The lowest BCUT2D eigenvalue weighted by molar-refractivity contribution is 0.0760. The summed E-state index contributed by atoms with van der Waals surface area (Å²) in [5.74, 6) is 1.25. The first-order valence-corrected chi connectivity index (χ1v) is 9.15. The maximum atomic E-state index is 13.0. The number of carbonyl (C=O) groups excluding carboxylic acids is 1. The normalized spacial score (nSPS) is 16.2. The van der Waals surface area contributed by atoms with Gasteiger partial charge in [0.05, 0.1) is 12.1 Å². The fraction of sp³-hybridized carbons (Fsp3) is 0.579. The minimum Gasteiger partial charge on any atom is -0.349 e. The van der Waals surface area contributed by atoms with Gasteiger partial charge in [-0.05, 0) is 33.3 Å². The number of rotatable bonds is 4. The molecule has 0 N–H and O–H groups in total. The van der Waals surface area contributed by atoms with E-state index in [0.717, 1.165) is 68.5 Å². The summed E-state index contributed by atoms with van der Waals surface area (Å²) in [6, 6.07) is 2.04. The van der Waals surface area contributed by atoms with Crippen LogP contribution >= 0.6 is 0 Å². The highest BCUT2D eigenvalue weighted by atomic mass is 16.2. The van der Waals surface area contributed by atoms with Gasteiger partial charge in [0.25, 0.3) is 5.91 Å². The lowest BCUT2D eigenvalue weighted by atomic mass is 10.2. The Morgan fingerprint density at radius 3 is 2.64 bits per heavy atom. The molecule has 3 heterocycles. The molecule has 6 heteroatoms. The minimum absolute atomic E-state index is 0.173. The lowest BCUT2D eigenvalue weighted by Crippen LogP contribution is -2.35. The maximum absolute atomic E-state index is 13.0. The Balaban J connectivity index is 1.66. The second-order valence-electron chi connectivity index (χ2n) is 6.91. The van der Waals surface area contributed by atoms with E-state index < -0.39 is 0 Å². The van der Waals surface area contributed by atoms with Crippen molar-refractivity contribution in [3.05, 3.63) is 41.2 Å². The summed E-state index contributed by atoms with van der Waals surface area (Å²) in [6.07, 6.45) is 4.82. The van der Waals surface area contributed by atoms with Crippen molar-refractivity contribution in [3.63, 3.8) is 0 Å². The molecule has 2 aromatic rings. The number of hydrogen-bond donors (Lipinski definition) is 0. The van der Waals surface area contributed by atoms with Crippen molar-refractivity contribution in [3.8, 4) is 0 Å². The van der Waals surface area contributed by atoms with Gasteiger partial charge in [0.15, 0.2) is 0 Å². The largest absolute Gasteiger partial charge is 0.349 e. The molecule has 1 aliphatic rings. The Kier molecular flexibility index (Phi) is 5.27. The number of imidazole rings is 1. The van der Waals surface area contributed by atoms with Crippen molar-refractivity contribution in [2.24, 2.45) is 7.05 Å². The van der Waals surface area contributed by atoms with E-state index in [-0.39, 0.29) is 5.91 Å². The second kappa shape index (κ2) is 7.44. The number of hydrogen-bond acceptors (Lipinski definition) is 3. The van der Waals surface area contributed by atoms with Crippen LogP contribution < -0.4 is 0 Å². The van der Waals surface area contributed by atoms with Gasteiger partial charge in [-0.1, -0.05) is 0 Å². The molecule has 0 aromatic carbocycles. The van der Waals surface area contributed by atoms with E-state index in [1.54, 1.807) is 0 Å². The van der Waals surface area contributed by atoms with Crippen molar-refractivity contribution in [1.29, 1.82) is 0 Å². The zero-order valence-corrected chi connectivity index (χ0v) is 15.8. The van der Waals surface area contributed by atoms with Gasteiger partial charge < -0.3 is 14.0 Å². The molecule has 1 fully saturated rings. The molecule has 0 spiro atoms. The molecular formula is C19H29N5O. The molecule has 25 heavy (non-hydrogen) atoms. The first kappa shape index (κ1) is 17.7. The van der Waals surface area contributed by atoms with E-state index in [1.807, 2.05) is 30.4 Å². The van der Waals surface area contributed by atoms with Gasteiger partial charge in [0.1, 0.15) is 5.82 Å². The van der Waals surface area contributed by atoms with E-state index in [2.05, 4.69) is 39.8 Å². The molecule has 0 radical (unpaired) electrons. The van der Waals surface area contributed by atoms with Crippen LogP contribution in [0.25, 0.3) is 0 Å². The Morgan fingerprint density at radius 1 is 1.20 bits per heavy atom. The third-order valence-electron chi connectivity index (χ3n) is 5.28. The Labute approximate surface area is 150 Å². The third-order valence-corrected chi connectivity index (χ3v) is 5.28. The van der Waals surface area contributed by atoms with Crippen LogP contribution in [0.15, 0.2) is 18.5 Å². The number of aryl methyl sites for hydroxylation is 2. The summed E-state index contributed by atoms with van der Waals surface area (Å²) in [5.41, 5.74) is 3.10. The van der Waals surface area contributed by atoms with Crippen LogP contribution in [0.1, 0.15) is 40.9 Å². The van der Waals surface area contributed by atoms with Gasteiger partial charge >= 0.3 is 0 Å². The number of aromatic nitrogens is 3. The Bertz CT molecular complexity index is 745. The van der Waals surface area contributed by atoms with Crippen LogP contribution in [0.2, 0.25) is 0 Å². The molecule has 2 aromatic heterocycles. The highest BCUT2D eigenvalue weighted by Crippen LogP contribution is 2.18. The van der Waals surface area contributed by atoms with Crippen LogP contribution in [-0.4, -0.2) is 56.0 Å². The predicted molar refractivity (Wildman–Crippen MR) is 98.6 cm³/mol. The van der Waals surface area contributed by atoms with E-state index in [9.17, 15) is 4.79 Å². The molecule has 1 aliphatic heterocycles. The van der Waals surface area contributed by atoms with Crippen LogP contribution in [0, 0.1) is 13.8 Å². The highest BCUT2D eigenvalue weighted by molar-refractivity contribution is 5.95. The van der Waals surface area contributed by atoms with E-state index >= 15 is 0 Å². The van der Waals surface area contributed by atoms with Crippen LogP contribution in [0.4, 0.5) is 0 Å². The number of nitrogens with zero attached hydrogens (tertiary/aromatic N) is 5. The topological polar surface area (TPSA) is 46.3 Å². The van der Waals surface area contributed by atoms with Crippen molar-refractivity contribution < 1.29 is 4.79 Å². The number of amides is 1. The molecular weight excluding hydrogens is 314 g/mol. The summed E-state index contributed by atoms with van der Waals surface area (Å²) < 4.78 is 4.27. The minimum atomic E-state index is 0.173. The molecule has 0 unspecified atom stereocenters. The van der Waals surface area contributed by atoms with E-state index in [0.29, 0.717) is 0 Å². The average Bonchev–Trinajstić information content (AvgIpc) is 3.01. The first-order chi connectivity index (χ1) is 12.0. The summed E-state index contributed by atoms with van der Waals surface area (Å²) in [7, 11) is 2.03. The summed E-state index contributed by atoms with van der Waals surface area (Å²) in [4.78, 5) is 21.8. The van der Waals surface area contributed by atoms with Gasteiger partial charge in [-0.2, -0.15) is 0 Å². The summed E-state index contributed by atoms with van der Waals surface area (Å²) in [5, 5.41) is 0. The standard InChI is InChI=1S/C19H29N5O/c1-5-24-15(2)13-17(16(24)3)19(25)23-9-6-8-22(11-12-23)14-18-20-7-10-21(18)4/h7,10,13H,5-6,8-9,11-12,14H2,1-4H3. The third kappa shape index (κ3) is 3.63. The molecule has 136 valence electrons. The highest BCUT2D eigenvalue weighted by Gasteiger charge is 2.24. The van der Waals surface area contributed by atoms with Crippen LogP contribution in [-0.2, 0) is 20.1 Å². The molecule has 1 amide bonds. The molecule has 0 atom stereocenters. The summed E-state index contributed by atoms with van der Waals surface area (Å²) in [6.45, 7) is 11.5. The summed E-state index contributed by atoms with van der Waals surface area (Å²) >= 11 is 0. The van der Waals surface area contributed by atoms with Crippen molar-refractivity contribution >= 4 is 5.91 Å². The zero-order valence-electron chi connectivity index (χ0n) is 15.8. The van der Waals surface area contributed by atoms with Crippen molar-refractivity contribution in [2.45, 2.75) is 40.3 Å². The predicted octanol–water partition coefficient (Wildman–Crippen LogP) is 2.21. The Morgan fingerprint density at radius 2 is 2.00 bits per heavy atom. The fourth-order valence-corrected chi connectivity index (χ4v) is 3.76. The van der Waals surface area contributed by atoms with E-state index in [1.165, 1.54) is 0 Å². The van der Waals surface area contributed by atoms with Crippen LogP contribution in [0.3, 0.4) is 0 Å². The average molecular weight is 343 g/mol. The number of carbonyl (C=O) groups is 1. The van der Waals surface area contributed by atoms with Crippen LogP contribution in [0.5, 0.6) is 0 Å². The molecule has 0 bridgehead atoms. The maximum Gasteiger partial charge on any atom is 0.255 e. The SMILES string of the molecule is CCn1c(C)cc(C(=O)N2CCCN(Cc3nccn3C)CC2)c1C. The van der Waals surface area contributed by atoms with Crippen molar-refractivity contribution in [1.82, 2.24) is 23.9 Å². The molecule has 0 saturated carbocycles. The molecule has 0 aliphatic carbocycles. The Hall–Kier alpha value is -2.08.